The highest BCUT2D eigenvalue weighted by atomic mass is 35.5. The highest BCUT2D eigenvalue weighted by molar-refractivity contribution is 6.40. The lowest BCUT2D eigenvalue weighted by atomic mass is 10.2. The highest BCUT2D eigenvalue weighted by Gasteiger charge is 2.14. The van der Waals surface area contributed by atoms with Crippen LogP contribution in [0.15, 0.2) is 12.1 Å². The molecule has 0 heterocycles. The summed E-state index contributed by atoms with van der Waals surface area (Å²) in [5, 5.41) is 11.1. The maximum absolute atomic E-state index is 11.2. The number of nitrogens with one attached hydrogen (secondary N) is 1. The van der Waals surface area contributed by atoms with E-state index in [4.69, 9.17) is 28.3 Å². The Bertz CT molecular complexity index is 439. The van der Waals surface area contributed by atoms with Gasteiger partial charge in [0.25, 0.3) is 0 Å². The maximum Gasteiger partial charge on any atom is 0.411 e. The number of aromatic carboxylic acids is 1. The zero-order valence-electron chi connectivity index (χ0n) is 8.79. The molecule has 0 atom stereocenters. The maximum atomic E-state index is 11.2. The minimum absolute atomic E-state index is 0.0305. The topological polar surface area (TPSA) is 75.6 Å². The normalized spacial score (nSPS) is 9.82. The van der Waals surface area contributed by atoms with Gasteiger partial charge in [0.15, 0.2) is 0 Å². The van der Waals surface area contributed by atoms with Crippen LogP contribution < -0.4 is 5.32 Å². The number of benzene rings is 1. The van der Waals surface area contributed by atoms with Gasteiger partial charge in [0, 0.05) is 0 Å². The number of anilines is 1. The molecule has 1 aromatic rings. The smallest absolute Gasteiger partial charge is 0.411 e. The molecule has 0 bridgehead atoms. The molecule has 0 aromatic heterocycles. The van der Waals surface area contributed by atoms with Crippen molar-refractivity contribution in [1.29, 1.82) is 0 Å². The predicted octanol–water partition coefficient (Wildman–Crippen LogP) is 3.26. The van der Waals surface area contributed by atoms with E-state index in [0.29, 0.717) is 0 Å². The van der Waals surface area contributed by atoms with Gasteiger partial charge in [-0.15, -0.1) is 0 Å². The Kier molecular flexibility index (Phi) is 4.60. The van der Waals surface area contributed by atoms with Gasteiger partial charge >= 0.3 is 12.1 Å². The average Bonchev–Trinajstić information content (AvgIpc) is 2.23. The van der Waals surface area contributed by atoms with Crippen LogP contribution in [-0.4, -0.2) is 23.8 Å². The van der Waals surface area contributed by atoms with Crippen LogP contribution in [0.4, 0.5) is 10.5 Å². The molecule has 1 rings (SSSR count). The van der Waals surface area contributed by atoms with Crippen molar-refractivity contribution in [2.75, 3.05) is 11.9 Å². The fourth-order valence-electron chi connectivity index (χ4n) is 1.09. The Labute approximate surface area is 107 Å². The first-order valence-corrected chi connectivity index (χ1v) is 5.37. The molecule has 0 aliphatic heterocycles. The third kappa shape index (κ3) is 3.51. The van der Waals surface area contributed by atoms with E-state index in [1.807, 2.05) is 0 Å². The SMILES string of the molecule is CCOC(=O)Nc1c(Cl)cc(C(=O)O)cc1Cl. The van der Waals surface area contributed by atoms with Crippen LogP contribution >= 0.6 is 23.2 Å². The quantitative estimate of drug-likeness (QED) is 0.889. The zero-order chi connectivity index (χ0) is 13.0. The molecule has 17 heavy (non-hydrogen) atoms. The summed E-state index contributed by atoms with van der Waals surface area (Å²) in [6, 6.07) is 2.38. The summed E-state index contributed by atoms with van der Waals surface area (Å²) in [6.45, 7) is 1.85. The van der Waals surface area contributed by atoms with Gasteiger partial charge in [-0.25, -0.2) is 9.59 Å². The first kappa shape index (κ1) is 13.6. The Morgan fingerprint density at radius 3 is 2.29 bits per heavy atom. The molecular weight excluding hydrogens is 269 g/mol. The second-order valence-electron chi connectivity index (χ2n) is 2.97. The van der Waals surface area contributed by atoms with Crippen LogP contribution in [0.2, 0.25) is 10.0 Å². The van der Waals surface area contributed by atoms with Gasteiger partial charge in [-0.2, -0.15) is 0 Å². The molecule has 0 aliphatic rings. The van der Waals surface area contributed by atoms with Crippen molar-refractivity contribution in [2.45, 2.75) is 6.92 Å². The number of ether oxygens (including phenoxy) is 1. The van der Waals surface area contributed by atoms with Crippen molar-refractivity contribution in [1.82, 2.24) is 0 Å². The molecule has 92 valence electrons. The molecule has 0 unspecified atom stereocenters. The van der Waals surface area contributed by atoms with Gasteiger partial charge in [-0.1, -0.05) is 23.2 Å². The number of halogens is 2. The third-order valence-corrected chi connectivity index (χ3v) is 2.39. The molecule has 5 nitrogen and oxygen atoms in total. The van der Waals surface area contributed by atoms with Crippen molar-refractivity contribution in [3.8, 4) is 0 Å². The summed E-state index contributed by atoms with van der Waals surface area (Å²) in [4.78, 5) is 21.9. The molecule has 7 heteroatoms. The number of carbonyl (C=O) groups is 2. The molecular formula is C10H9Cl2NO4. The van der Waals surface area contributed by atoms with Crippen LogP contribution in [-0.2, 0) is 4.74 Å². The van der Waals surface area contributed by atoms with Gasteiger partial charge in [-0.3, -0.25) is 5.32 Å². The molecule has 0 radical (unpaired) electrons. The van der Waals surface area contributed by atoms with Gasteiger partial charge < -0.3 is 9.84 Å². The minimum Gasteiger partial charge on any atom is -0.478 e. The van der Waals surface area contributed by atoms with Gasteiger partial charge in [-0.05, 0) is 19.1 Å². The van der Waals surface area contributed by atoms with Crippen LogP contribution in [0.5, 0.6) is 0 Å². The molecule has 1 amide bonds. The summed E-state index contributed by atoms with van der Waals surface area (Å²) in [5.74, 6) is -1.16. The molecule has 0 aliphatic carbocycles. The Morgan fingerprint density at radius 1 is 1.35 bits per heavy atom. The molecule has 0 saturated carbocycles. The number of hydrogen-bond acceptors (Lipinski definition) is 3. The number of amides is 1. The molecule has 0 saturated heterocycles. The highest BCUT2D eigenvalue weighted by Crippen LogP contribution is 2.32. The van der Waals surface area contributed by atoms with E-state index in [1.165, 1.54) is 12.1 Å². The first-order valence-electron chi connectivity index (χ1n) is 4.61. The van der Waals surface area contributed by atoms with Crippen molar-refractivity contribution in [3.05, 3.63) is 27.7 Å². The molecule has 0 fully saturated rings. The Hall–Kier alpha value is -1.46. The van der Waals surface area contributed by atoms with Crippen LogP contribution in [0.3, 0.4) is 0 Å². The van der Waals surface area contributed by atoms with Crippen LogP contribution in [0.25, 0.3) is 0 Å². The number of carboxylic acid groups (broad SMARTS) is 1. The van der Waals surface area contributed by atoms with E-state index < -0.39 is 12.1 Å². The monoisotopic (exact) mass is 277 g/mol. The van der Waals surface area contributed by atoms with E-state index in [9.17, 15) is 9.59 Å². The fraction of sp³-hybridized carbons (Fsp3) is 0.200. The van der Waals surface area contributed by atoms with Gasteiger partial charge in [0.2, 0.25) is 0 Å². The lowest BCUT2D eigenvalue weighted by Gasteiger charge is -2.09. The lowest BCUT2D eigenvalue weighted by Crippen LogP contribution is -2.14. The largest absolute Gasteiger partial charge is 0.478 e. The standard InChI is InChI=1S/C10H9Cl2NO4/c1-2-17-10(16)13-8-6(11)3-5(9(14)15)4-7(8)12/h3-4H,2H2,1H3,(H,13,16)(H,14,15). The van der Waals surface area contributed by atoms with E-state index in [1.54, 1.807) is 6.92 Å². The lowest BCUT2D eigenvalue weighted by molar-refractivity contribution is 0.0697. The van der Waals surface area contributed by atoms with E-state index >= 15 is 0 Å². The number of carboxylic acids is 1. The Morgan fingerprint density at radius 2 is 1.88 bits per heavy atom. The average molecular weight is 278 g/mol. The minimum atomic E-state index is -1.16. The number of hydrogen-bond donors (Lipinski definition) is 2. The second-order valence-corrected chi connectivity index (χ2v) is 3.78. The van der Waals surface area contributed by atoms with Crippen LogP contribution in [0, 0.1) is 0 Å². The summed E-state index contributed by atoms with van der Waals surface area (Å²) in [7, 11) is 0. The molecule has 0 spiro atoms. The van der Waals surface area contributed by atoms with E-state index in [0.717, 1.165) is 0 Å². The number of carbonyl (C=O) groups excluding carboxylic acids is 1. The van der Waals surface area contributed by atoms with Crippen molar-refractivity contribution in [2.24, 2.45) is 0 Å². The van der Waals surface area contributed by atoms with Crippen molar-refractivity contribution < 1.29 is 19.4 Å². The van der Waals surface area contributed by atoms with Crippen LogP contribution in [0.1, 0.15) is 17.3 Å². The van der Waals surface area contributed by atoms with Crippen molar-refractivity contribution in [3.63, 3.8) is 0 Å². The van der Waals surface area contributed by atoms with E-state index in [2.05, 4.69) is 10.1 Å². The van der Waals surface area contributed by atoms with Gasteiger partial charge in [0.1, 0.15) is 0 Å². The summed E-state index contributed by atoms with van der Waals surface area (Å²) in [6.07, 6.45) is -0.709. The van der Waals surface area contributed by atoms with Gasteiger partial charge in [0.05, 0.1) is 27.9 Å². The summed E-state index contributed by atoms with van der Waals surface area (Å²) >= 11 is 11.6. The molecule has 2 N–H and O–H groups in total. The molecule has 1 aromatic carbocycles. The van der Waals surface area contributed by atoms with E-state index in [-0.39, 0.29) is 27.9 Å². The summed E-state index contributed by atoms with van der Waals surface area (Å²) in [5.41, 5.74) is 0.0613. The summed E-state index contributed by atoms with van der Waals surface area (Å²) < 4.78 is 4.65. The number of rotatable bonds is 3. The Balaban J connectivity index is 3.01. The second kappa shape index (κ2) is 5.75. The van der Waals surface area contributed by atoms with Crippen molar-refractivity contribution >= 4 is 41.0 Å². The zero-order valence-corrected chi connectivity index (χ0v) is 10.3. The first-order chi connectivity index (χ1) is 7.95. The fourth-order valence-corrected chi connectivity index (χ4v) is 1.67. The predicted molar refractivity (Wildman–Crippen MR) is 64.1 cm³/mol. The third-order valence-electron chi connectivity index (χ3n) is 1.79.